The lowest BCUT2D eigenvalue weighted by Crippen LogP contribution is -2.11. The van der Waals surface area contributed by atoms with Crippen LogP contribution in [0.15, 0.2) is 34.8 Å². The summed E-state index contributed by atoms with van der Waals surface area (Å²) in [5.41, 5.74) is 6.98. The van der Waals surface area contributed by atoms with E-state index in [1.54, 1.807) is 30.3 Å². The minimum absolute atomic E-state index is 0.135. The molecule has 0 fully saturated rings. The van der Waals surface area contributed by atoms with Crippen molar-refractivity contribution in [3.63, 3.8) is 0 Å². The van der Waals surface area contributed by atoms with Crippen molar-refractivity contribution in [2.45, 2.75) is 0 Å². The van der Waals surface area contributed by atoms with Gasteiger partial charge < -0.3 is 20.5 Å². The molecular formula is C14H10BrFN2O2S. The molecule has 2 aromatic carbocycles. The van der Waals surface area contributed by atoms with Crippen LogP contribution in [0.5, 0.6) is 11.5 Å². The summed E-state index contributed by atoms with van der Waals surface area (Å²) in [6, 6.07) is 8.53. The molecule has 1 aliphatic heterocycles. The van der Waals surface area contributed by atoms with Gasteiger partial charge in [0.1, 0.15) is 4.99 Å². The molecule has 1 aliphatic rings. The van der Waals surface area contributed by atoms with Gasteiger partial charge in [-0.05, 0) is 40.2 Å². The highest BCUT2D eigenvalue weighted by Gasteiger charge is 2.16. The van der Waals surface area contributed by atoms with Crippen molar-refractivity contribution in [1.29, 1.82) is 0 Å². The predicted octanol–water partition coefficient (Wildman–Crippen LogP) is 3.69. The Morgan fingerprint density at radius 2 is 2.00 bits per heavy atom. The monoisotopic (exact) mass is 368 g/mol. The van der Waals surface area contributed by atoms with E-state index >= 15 is 0 Å². The summed E-state index contributed by atoms with van der Waals surface area (Å²) in [5, 5.41) is 2.98. The molecule has 0 saturated carbocycles. The van der Waals surface area contributed by atoms with Crippen LogP contribution in [-0.2, 0) is 0 Å². The van der Waals surface area contributed by atoms with Gasteiger partial charge in [0.15, 0.2) is 17.3 Å². The second kappa shape index (κ2) is 5.50. The average molecular weight is 369 g/mol. The molecule has 0 spiro atoms. The molecule has 3 N–H and O–H groups in total. The summed E-state index contributed by atoms with van der Waals surface area (Å²) in [4.78, 5) is 0.135. The standard InChI is InChI=1S/C14H10BrFN2O2S/c15-12-8(14(17)21)2-3-9(13(12)16)18-7-1-4-10-11(5-7)20-6-19-10/h1-5,18H,6H2,(H2,17,21). The van der Waals surface area contributed by atoms with Crippen LogP contribution in [0.2, 0.25) is 0 Å². The fraction of sp³-hybridized carbons (Fsp3) is 0.0714. The molecule has 4 nitrogen and oxygen atoms in total. The highest BCUT2D eigenvalue weighted by Crippen LogP contribution is 2.36. The van der Waals surface area contributed by atoms with Crippen molar-refractivity contribution in [1.82, 2.24) is 0 Å². The Balaban J connectivity index is 1.92. The van der Waals surface area contributed by atoms with E-state index in [9.17, 15) is 4.39 Å². The van der Waals surface area contributed by atoms with E-state index in [1.807, 2.05) is 0 Å². The lowest BCUT2D eigenvalue weighted by atomic mass is 10.2. The number of anilines is 2. The predicted molar refractivity (Wildman–Crippen MR) is 85.8 cm³/mol. The van der Waals surface area contributed by atoms with Gasteiger partial charge in [0.25, 0.3) is 0 Å². The zero-order valence-electron chi connectivity index (χ0n) is 10.7. The van der Waals surface area contributed by atoms with E-state index in [-0.39, 0.29) is 16.3 Å². The molecule has 0 aliphatic carbocycles. The summed E-state index contributed by atoms with van der Waals surface area (Å²) in [6.07, 6.45) is 0. The Hall–Kier alpha value is -1.86. The van der Waals surface area contributed by atoms with Gasteiger partial charge in [-0.25, -0.2) is 4.39 Å². The van der Waals surface area contributed by atoms with Crippen LogP contribution in [0.1, 0.15) is 5.56 Å². The van der Waals surface area contributed by atoms with E-state index in [0.29, 0.717) is 28.4 Å². The minimum atomic E-state index is -0.460. The van der Waals surface area contributed by atoms with Crippen molar-refractivity contribution in [3.05, 3.63) is 46.2 Å². The van der Waals surface area contributed by atoms with E-state index in [4.69, 9.17) is 27.4 Å². The number of benzene rings is 2. The van der Waals surface area contributed by atoms with Crippen LogP contribution in [0, 0.1) is 5.82 Å². The Bertz CT molecular complexity index is 739. The van der Waals surface area contributed by atoms with Gasteiger partial charge in [-0.15, -0.1) is 0 Å². The molecule has 0 bridgehead atoms. The highest BCUT2D eigenvalue weighted by molar-refractivity contribution is 9.10. The van der Waals surface area contributed by atoms with Gasteiger partial charge in [0.05, 0.1) is 10.2 Å². The third-order valence-corrected chi connectivity index (χ3v) is 3.99. The second-order valence-corrected chi connectivity index (χ2v) is 5.58. The molecule has 2 aromatic rings. The molecule has 3 rings (SSSR count). The van der Waals surface area contributed by atoms with Crippen molar-refractivity contribution < 1.29 is 13.9 Å². The normalized spacial score (nSPS) is 12.3. The SMILES string of the molecule is NC(=S)c1ccc(Nc2ccc3c(c2)OCO3)c(F)c1Br. The first-order valence-corrected chi connectivity index (χ1v) is 7.21. The van der Waals surface area contributed by atoms with Crippen LogP contribution in [0.3, 0.4) is 0 Å². The maximum Gasteiger partial charge on any atom is 0.231 e. The number of hydrogen-bond donors (Lipinski definition) is 2. The molecule has 0 amide bonds. The Kier molecular flexibility index (Phi) is 3.69. The fourth-order valence-corrected chi connectivity index (χ4v) is 2.83. The second-order valence-electron chi connectivity index (χ2n) is 4.35. The van der Waals surface area contributed by atoms with Gasteiger partial charge in [0.2, 0.25) is 6.79 Å². The molecule has 1 heterocycles. The third kappa shape index (κ3) is 2.66. The number of hydrogen-bond acceptors (Lipinski definition) is 4. The zero-order valence-corrected chi connectivity index (χ0v) is 13.1. The first-order valence-electron chi connectivity index (χ1n) is 6.01. The van der Waals surface area contributed by atoms with Crippen LogP contribution < -0.4 is 20.5 Å². The summed E-state index contributed by atoms with van der Waals surface area (Å²) < 4.78 is 25.0. The molecular weight excluding hydrogens is 359 g/mol. The minimum Gasteiger partial charge on any atom is -0.454 e. The van der Waals surface area contributed by atoms with Gasteiger partial charge in [-0.3, -0.25) is 0 Å². The van der Waals surface area contributed by atoms with E-state index in [0.717, 1.165) is 0 Å². The smallest absolute Gasteiger partial charge is 0.231 e. The number of thiocarbonyl (C=S) groups is 1. The molecule has 0 aromatic heterocycles. The first kappa shape index (κ1) is 14.1. The fourth-order valence-electron chi connectivity index (χ4n) is 1.97. The molecule has 21 heavy (non-hydrogen) atoms. The summed E-state index contributed by atoms with van der Waals surface area (Å²) in [5.74, 6) is 0.836. The first-order chi connectivity index (χ1) is 10.1. The Labute approximate surface area is 134 Å². The number of rotatable bonds is 3. The maximum atomic E-state index is 14.3. The summed E-state index contributed by atoms with van der Waals surface area (Å²) in [6.45, 7) is 0.196. The molecule has 0 atom stereocenters. The third-order valence-electron chi connectivity index (χ3n) is 3.00. The summed E-state index contributed by atoms with van der Waals surface area (Å²) in [7, 11) is 0. The lowest BCUT2D eigenvalue weighted by Gasteiger charge is -2.11. The number of ether oxygens (including phenoxy) is 2. The van der Waals surface area contributed by atoms with E-state index in [1.165, 1.54) is 0 Å². The molecule has 108 valence electrons. The van der Waals surface area contributed by atoms with Crippen LogP contribution in [-0.4, -0.2) is 11.8 Å². The number of nitrogens with one attached hydrogen (secondary N) is 1. The molecule has 0 unspecified atom stereocenters. The Morgan fingerprint density at radius 3 is 2.76 bits per heavy atom. The summed E-state index contributed by atoms with van der Waals surface area (Å²) >= 11 is 8.03. The zero-order chi connectivity index (χ0) is 15.0. The molecule has 0 saturated heterocycles. The van der Waals surface area contributed by atoms with Gasteiger partial charge in [-0.2, -0.15) is 0 Å². The topological polar surface area (TPSA) is 56.5 Å². The van der Waals surface area contributed by atoms with Crippen LogP contribution >= 0.6 is 28.1 Å². The van der Waals surface area contributed by atoms with Crippen molar-refractivity contribution in [3.8, 4) is 11.5 Å². The molecule has 0 radical (unpaired) electrons. The Morgan fingerprint density at radius 1 is 1.24 bits per heavy atom. The van der Waals surface area contributed by atoms with Crippen LogP contribution in [0.4, 0.5) is 15.8 Å². The maximum absolute atomic E-state index is 14.3. The molecule has 7 heteroatoms. The van der Waals surface area contributed by atoms with Gasteiger partial charge in [0, 0.05) is 17.3 Å². The van der Waals surface area contributed by atoms with Crippen LogP contribution in [0.25, 0.3) is 0 Å². The quantitative estimate of drug-likeness (QED) is 0.809. The lowest BCUT2D eigenvalue weighted by molar-refractivity contribution is 0.174. The van der Waals surface area contributed by atoms with Crippen molar-refractivity contribution in [2.24, 2.45) is 5.73 Å². The van der Waals surface area contributed by atoms with Crippen molar-refractivity contribution >= 4 is 44.5 Å². The van der Waals surface area contributed by atoms with Gasteiger partial charge in [-0.1, -0.05) is 12.2 Å². The van der Waals surface area contributed by atoms with Crippen molar-refractivity contribution in [2.75, 3.05) is 12.1 Å². The van der Waals surface area contributed by atoms with Gasteiger partial charge >= 0.3 is 0 Å². The largest absolute Gasteiger partial charge is 0.454 e. The number of nitrogens with two attached hydrogens (primary N) is 1. The number of fused-ring (bicyclic) bond motifs is 1. The van der Waals surface area contributed by atoms with E-state index < -0.39 is 5.82 Å². The number of halogens is 2. The average Bonchev–Trinajstić information content (AvgIpc) is 2.91. The van der Waals surface area contributed by atoms with E-state index in [2.05, 4.69) is 21.2 Å². The highest BCUT2D eigenvalue weighted by atomic mass is 79.9.